The smallest absolute Gasteiger partial charge is 0.270 e. The van der Waals surface area contributed by atoms with Gasteiger partial charge in [-0.3, -0.25) is 14.9 Å². The highest BCUT2D eigenvalue weighted by molar-refractivity contribution is 6.01. The van der Waals surface area contributed by atoms with E-state index in [4.69, 9.17) is 0 Å². The number of aryl methyl sites for hydroxylation is 3. The van der Waals surface area contributed by atoms with Gasteiger partial charge >= 0.3 is 0 Å². The second-order valence-electron chi connectivity index (χ2n) is 6.73. The van der Waals surface area contributed by atoms with E-state index >= 15 is 0 Å². The second kappa shape index (κ2) is 9.05. The minimum Gasteiger partial charge on any atom is -0.352 e. The topological polar surface area (TPSA) is 98.0 Å². The fourth-order valence-corrected chi connectivity index (χ4v) is 3.19. The molecule has 0 saturated heterocycles. The molecule has 1 N–H and O–H groups in total. The van der Waals surface area contributed by atoms with E-state index < -0.39 is 4.92 Å². The number of amides is 1. The van der Waals surface area contributed by atoms with Crippen molar-refractivity contribution in [1.29, 1.82) is 0 Å². The van der Waals surface area contributed by atoms with Gasteiger partial charge in [-0.2, -0.15) is 0 Å². The molecule has 3 aromatic rings. The van der Waals surface area contributed by atoms with Crippen LogP contribution in [0.1, 0.15) is 33.9 Å². The average molecular weight is 390 g/mol. The van der Waals surface area contributed by atoms with Crippen molar-refractivity contribution >= 4 is 11.6 Å². The van der Waals surface area contributed by atoms with Crippen molar-refractivity contribution in [2.45, 2.75) is 26.7 Å². The Labute approximate surface area is 169 Å². The van der Waals surface area contributed by atoms with Gasteiger partial charge in [0.1, 0.15) is 5.82 Å². The van der Waals surface area contributed by atoms with Gasteiger partial charge in [-0.25, -0.2) is 9.97 Å². The SMILES string of the molecule is Cc1nc(C)c(C(=O)NCCCc2ccccc2)c(-c2cccc([N+](=O)[O-])c2)n1. The lowest BCUT2D eigenvalue weighted by molar-refractivity contribution is -0.384. The van der Waals surface area contributed by atoms with Crippen LogP contribution in [0.5, 0.6) is 0 Å². The molecule has 0 atom stereocenters. The zero-order chi connectivity index (χ0) is 20.8. The summed E-state index contributed by atoms with van der Waals surface area (Å²) in [5.41, 5.74) is 2.97. The number of non-ortho nitro benzene ring substituents is 1. The van der Waals surface area contributed by atoms with E-state index in [2.05, 4.69) is 27.4 Å². The summed E-state index contributed by atoms with van der Waals surface area (Å²) < 4.78 is 0. The number of hydrogen-bond acceptors (Lipinski definition) is 5. The van der Waals surface area contributed by atoms with E-state index in [1.807, 2.05) is 18.2 Å². The number of nitrogens with one attached hydrogen (secondary N) is 1. The maximum Gasteiger partial charge on any atom is 0.270 e. The lowest BCUT2D eigenvalue weighted by atomic mass is 10.0. The molecule has 0 aliphatic rings. The van der Waals surface area contributed by atoms with Crippen LogP contribution in [-0.2, 0) is 6.42 Å². The van der Waals surface area contributed by atoms with Crippen LogP contribution in [-0.4, -0.2) is 27.3 Å². The van der Waals surface area contributed by atoms with E-state index in [-0.39, 0.29) is 11.6 Å². The fraction of sp³-hybridized carbons (Fsp3) is 0.227. The van der Waals surface area contributed by atoms with Crippen molar-refractivity contribution in [2.24, 2.45) is 0 Å². The van der Waals surface area contributed by atoms with Crippen LogP contribution in [0.15, 0.2) is 54.6 Å². The van der Waals surface area contributed by atoms with Crippen LogP contribution in [0.25, 0.3) is 11.3 Å². The average Bonchev–Trinajstić information content (AvgIpc) is 2.71. The highest BCUT2D eigenvalue weighted by Gasteiger charge is 2.20. The molecule has 29 heavy (non-hydrogen) atoms. The van der Waals surface area contributed by atoms with Crippen molar-refractivity contribution in [2.75, 3.05) is 6.54 Å². The highest BCUT2D eigenvalue weighted by Crippen LogP contribution is 2.27. The molecule has 2 aromatic carbocycles. The third-order valence-corrected chi connectivity index (χ3v) is 4.53. The van der Waals surface area contributed by atoms with Gasteiger partial charge in [0.15, 0.2) is 0 Å². The largest absolute Gasteiger partial charge is 0.352 e. The first-order chi connectivity index (χ1) is 14.0. The number of hydrogen-bond donors (Lipinski definition) is 1. The lowest BCUT2D eigenvalue weighted by Crippen LogP contribution is -2.27. The van der Waals surface area contributed by atoms with Gasteiger partial charge < -0.3 is 5.32 Å². The Hall–Kier alpha value is -3.61. The van der Waals surface area contributed by atoms with Crippen molar-refractivity contribution in [1.82, 2.24) is 15.3 Å². The summed E-state index contributed by atoms with van der Waals surface area (Å²) in [5, 5.41) is 14.0. The van der Waals surface area contributed by atoms with Gasteiger partial charge in [-0.1, -0.05) is 42.5 Å². The van der Waals surface area contributed by atoms with E-state index in [0.717, 1.165) is 12.8 Å². The van der Waals surface area contributed by atoms with Gasteiger partial charge in [0.05, 0.1) is 21.9 Å². The predicted octanol–water partition coefficient (Wildman–Crippen LogP) is 4.03. The van der Waals surface area contributed by atoms with Crippen LogP contribution >= 0.6 is 0 Å². The van der Waals surface area contributed by atoms with E-state index in [0.29, 0.717) is 34.9 Å². The molecule has 0 unspecified atom stereocenters. The Balaban J connectivity index is 1.80. The zero-order valence-electron chi connectivity index (χ0n) is 16.4. The summed E-state index contributed by atoms with van der Waals surface area (Å²) in [4.78, 5) is 32.2. The maximum absolute atomic E-state index is 12.9. The van der Waals surface area contributed by atoms with E-state index in [1.165, 1.54) is 17.7 Å². The summed E-state index contributed by atoms with van der Waals surface area (Å²) in [7, 11) is 0. The molecule has 3 rings (SSSR count). The second-order valence-corrected chi connectivity index (χ2v) is 6.73. The van der Waals surface area contributed by atoms with Crippen LogP contribution < -0.4 is 5.32 Å². The highest BCUT2D eigenvalue weighted by atomic mass is 16.6. The van der Waals surface area contributed by atoms with Crippen molar-refractivity contribution in [3.8, 4) is 11.3 Å². The Bertz CT molecular complexity index is 1040. The third-order valence-electron chi connectivity index (χ3n) is 4.53. The summed E-state index contributed by atoms with van der Waals surface area (Å²) in [6.07, 6.45) is 1.66. The molecule has 148 valence electrons. The molecule has 0 bridgehead atoms. The van der Waals surface area contributed by atoms with Crippen molar-refractivity contribution in [3.05, 3.63) is 87.4 Å². The van der Waals surface area contributed by atoms with Crippen LogP contribution in [0.3, 0.4) is 0 Å². The summed E-state index contributed by atoms with van der Waals surface area (Å²) >= 11 is 0. The molecule has 0 aliphatic carbocycles. The van der Waals surface area contributed by atoms with Gasteiger partial charge in [0.25, 0.3) is 11.6 Å². The molecule has 0 radical (unpaired) electrons. The molecule has 7 nitrogen and oxygen atoms in total. The molecule has 1 aromatic heterocycles. The molecule has 0 aliphatic heterocycles. The first-order valence-corrected chi connectivity index (χ1v) is 9.38. The first-order valence-electron chi connectivity index (χ1n) is 9.38. The van der Waals surface area contributed by atoms with Gasteiger partial charge in [-0.15, -0.1) is 0 Å². The van der Waals surface area contributed by atoms with Crippen molar-refractivity contribution < 1.29 is 9.72 Å². The Morgan fingerprint density at radius 2 is 1.83 bits per heavy atom. The monoisotopic (exact) mass is 390 g/mol. The minimum atomic E-state index is -0.465. The number of nitrogens with zero attached hydrogens (tertiary/aromatic N) is 3. The molecule has 1 heterocycles. The van der Waals surface area contributed by atoms with Gasteiger partial charge in [-0.05, 0) is 32.3 Å². The first kappa shape index (κ1) is 20.1. The van der Waals surface area contributed by atoms with Crippen LogP contribution in [0.2, 0.25) is 0 Å². The van der Waals surface area contributed by atoms with Crippen molar-refractivity contribution in [3.63, 3.8) is 0 Å². The number of carbonyl (C=O) groups is 1. The number of benzene rings is 2. The molecular formula is C22H22N4O3. The third kappa shape index (κ3) is 5.01. The molecule has 0 saturated carbocycles. The number of carbonyl (C=O) groups excluding carboxylic acids is 1. The fourth-order valence-electron chi connectivity index (χ4n) is 3.19. The maximum atomic E-state index is 12.9. The molecule has 1 amide bonds. The number of nitro groups is 1. The van der Waals surface area contributed by atoms with Gasteiger partial charge in [0.2, 0.25) is 0 Å². The normalized spacial score (nSPS) is 10.6. The molecule has 7 heteroatoms. The number of nitro benzene ring substituents is 1. The summed E-state index contributed by atoms with van der Waals surface area (Å²) in [6, 6.07) is 16.2. The molecular weight excluding hydrogens is 368 g/mol. The lowest BCUT2D eigenvalue weighted by Gasteiger charge is -2.13. The minimum absolute atomic E-state index is 0.0503. The molecule has 0 fully saturated rings. The Morgan fingerprint density at radius 1 is 1.07 bits per heavy atom. The quantitative estimate of drug-likeness (QED) is 0.373. The molecule has 0 spiro atoms. The van der Waals surface area contributed by atoms with Crippen LogP contribution in [0, 0.1) is 24.0 Å². The van der Waals surface area contributed by atoms with E-state index in [1.54, 1.807) is 26.0 Å². The summed E-state index contributed by atoms with van der Waals surface area (Å²) in [6.45, 7) is 3.99. The Kier molecular flexibility index (Phi) is 6.29. The van der Waals surface area contributed by atoms with E-state index in [9.17, 15) is 14.9 Å². The van der Waals surface area contributed by atoms with Crippen LogP contribution in [0.4, 0.5) is 5.69 Å². The zero-order valence-corrected chi connectivity index (χ0v) is 16.4. The number of rotatable bonds is 7. The summed E-state index contributed by atoms with van der Waals surface area (Å²) in [5.74, 6) is 0.224. The van der Waals surface area contributed by atoms with Gasteiger partial charge in [0, 0.05) is 24.2 Å². The number of aromatic nitrogens is 2. The Morgan fingerprint density at radius 3 is 2.55 bits per heavy atom. The predicted molar refractivity (Wildman–Crippen MR) is 111 cm³/mol. The standard InChI is InChI=1S/C22H22N4O3/c1-15-20(22(27)23-13-7-10-17-8-4-3-5-9-17)21(25-16(2)24-15)18-11-6-12-19(14-18)26(28)29/h3-6,8-9,11-12,14H,7,10,13H2,1-2H3,(H,23,27).